The highest BCUT2D eigenvalue weighted by molar-refractivity contribution is 7.98. The van der Waals surface area contributed by atoms with Crippen molar-refractivity contribution in [1.29, 1.82) is 0 Å². The van der Waals surface area contributed by atoms with Crippen LogP contribution in [0.4, 0.5) is 5.82 Å². The van der Waals surface area contributed by atoms with Gasteiger partial charge in [-0.25, -0.2) is 4.98 Å². The normalized spacial score (nSPS) is 22.6. The van der Waals surface area contributed by atoms with Crippen LogP contribution in [0.1, 0.15) is 46.0 Å². The molecular formula is C15H25N3OS. The van der Waals surface area contributed by atoms with Gasteiger partial charge in [-0.2, -0.15) is 4.98 Å². The molecule has 5 heteroatoms. The molecule has 0 radical (unpaired) electrons. The number of aromatic nitrogens is 2. The molecule has 1 N–H and O–H groups in total. The Balaban J connectivity index is 2.05. The Kier molecular flexibility index (Phi) is 5.95. The zero-order valence-corrected chi connectivity index (χ0v) is 13.5. The summed E-state index contributed by atoms with van der Waals surface area (Å²) in [5.74, 6) is 2.33. The third kappa shape index (κ3) is 4.54. The summed E-state index contributed by atoms with van der Waals surface area (Å²) in [4.78, 5) is 8.93. The number of thioether (sulfide) groups is 1. The molecule has 0 aliphatic heterocycles. The Morgan fingerprint density at radius 2 is 2.25 bits per heavy atom. The van der Waals surface area contributed by atoms with Crippen molar-refractivity contribution in [3.8, 4) is 5.88 Å². The molecule has 0 spiro atoms. The Morgan fingerprint density at radius 3 is 2.95 bits per heavy atom. The first-order valence-electron chi connectivity index (χ1n) is 7.54. The number of rotatable bonds is 6. The van der Waals surface area contributed by atoms with Gasteiger partial charge >= 0.3 is 0 Å². The summed E-state index contributed by atoms with van der Waals surface area (Å²) in [7, 11) is 0. The molecule has 1 aromatic heterocycles. The Morgan fingerprint density at radius 1 is 1.40 bits per heavy atom. The van der Waals surface area contributed by atoms with Crippen LogP contribution in [-0.4, -0.2) is 28.9 Å². The molecule has 2 unspecified atom stereocenters. The van der Waals surface area contributed by atoms with E-state index in [0.717, 1.165) is 42.7 Å². The lowest BCUT2D eigenvalue weighted by atomic mass is 9.89. The number of hydrogen-bond donors (Lipinski definition) is 1. The lowest BCUT2D eigenvalue weighted by Gasteiger charge is -2.27. The molecular weight excluding hydrogens is 270 g/mol. The van der Waals surface area contributed by atoms with E-state index in [-0.39, 0.29) is 0 Å². The number of hydrogen-bond acceptors (Lipinski definition) is 5. The second kappa shape index (κ2) is 7.72. The van der Waals surface area contributed by atoms with Crippen molar-refractivity contribution in [2.24, 2.45) is 5.92 Å². The molecule has 20 heavy (non-hydrogen) atoms. The van der Waals surface area contributed by atoms with E-state index in [4.69, 9.17) is 4.74 Å². The molecule has 2 rings (SSSR count). The highest BCUT2D eigenvalue weighted by Crippen LogP contribution is 2.28. The van der Waals surface area contributed by atoms with Crippen LogP contribution in [0.15, 0.2) is 11.2 Å². The predicted octanol–water partition coefficient (Wildman–Crippen LogP) is 3.98. The van der Waals surface area contributed by atoms with Gasteiger partial charge in [-0.3, -0.25) is 0 Å². The van der Waals surface area contributed by atoms with Crippen molar-refractivity contribution in [2.45, 2.75) is 57.2 Å². The van der Waals surface area contributed by atoms with Crippen molar-refractivity contribution in [1.82, 2.24) is 9.97 Å². The van der Waals surface area contributed by atoms with Crippen LogP contribution < -0.4 is 10.1 Å². The third-order valence-electron chi connectivity index (χ3n) is 3.60. The van der Waals surface area contributed by atoms with Crippen LogP contribution >= 0.6 is 11.8 Å². The van der Waals surface area contributed by atoms with Crippen molar-refractivity contribution in [3.05, 3.63) is 6.07 Å². The maximum absolute atomic E-state index is 6.08. The number of nitrogens with zero attached hydrogens (tertiary/aromatic N) is 2. The van der Waals surface area contributed by atoms with E-state index < -0.39 is 0 Å². The first-order chi connectivity index (χ1) is 9.71. The van der Waals surface area contributed by atoms with E-state index in [1.807, 2.05) is 12.3 Å². The minimum atomic E-state index is 0.308. The summed E-state index contributed by atoms with van der Waals surface area (Å²) in [5.41, 5.74) is 0. The molecule has 1 aliphatic carbocycles. The smallest absolute Gasteiger partial charge is 0.219 e. The highest BCUT2D eigenvalue weighted by atomic mass is 32.2. The topological polar surface area (TPSA) is 47.0 Å². The average molecular weight is 295 g/mol. The lowest BCUT2D eigenvalue weighted by Crippen LogP contribution is -2.24. The van der Waals surface area contributed by atoms with Crippen LogP contribution in [0, 0.1) is 5.92 Å². The van der Waals surface area contributed by atoms with E-state index in [2.05, 4.69) is 29.1 Å². The minimum absolute atomic E-state index is 0.308. The quantitative estimate of drug-likeness (QED) is 0.635. The Hall–Kier alpha value is -0.970. The van der Waals surface area contributed by atoms with E-state index in [1.165, 1.54) is 12.8 Å². The number of nitrogens with one attached hydrogen (secondary N) is 1. The van der Waals surface area contributed by atoms with E-state index in [1.54, 1.807) is 11.8 Å². The minimum Gasteiger partial charge on any atom is -0.474 e. The second-order valence-electron chi connectivity index (χ2n) is 5.52. The molecule has 2 atom stereocenters. The molecule has 1 heterocycles. The van der Waals surface area contributed by atoms with Gasteiger partial charge in [0.1, 0.15) is 11.9 Å². The molecule has 1 aromatic rings. The number of ether oxygens (including phenoxy) is 1. The van der Waals surface area contributed by atoms with Gasteiger partial charge in [-0.1, -0.05) is 32.0 Å². The summed E-state index contributed by atoms with van der Waals surface area (Å²) in [5, 5.41) is 4.08. The van der Waals surface area contributed by atoms with Gasteiger partial charge in [0.05, 0.1) is 0 Å². The average Bonchev–Trinajstić information content (AvgIpc) is 2.45. The first-order valence-corrected chi connectivity index (χ1v) is 8.77. The van der Waals surface area contributed by atoms with Gasteiger partial charge < -0.3 is 10.1 Å². The highest BCUT2D eigenvalue weighted by Gasteiger charge is 2.21. The van der Waals surface area contributed by atoms with Crippen molar-refractivity contribution in [2.75, 3.05) is 18.1 Å². The zero-order valence-electron chi connectivity index (χ0n) is 12.7. The standard InChI is InChI=1S/C15H25N3OS/c1-4-8-16-13-10-14(18-15(17-13)20-3)19-12-7-5-6-11(2)9-12/h10-12H,4-9H2,1-3H3,(H,16,17,18). The Labute approximate surface area is 126 Å². The molecule has 0 saturated heterocycles. The van der Waals surface area contributed by atoms with Crippen LogP contribution in [-0.2, 0) is 0 Å². The monoisotopic (exact) mass is 295 g/mol. The second-order valence-corrected chi connectivity index (χ2v) is 6.29. The summed E-state index contributed by atoms with van der Waals surface area (Å²) in [6.45, 7) is 5.37. The summed E-state index contributed by atoms with van der Waals surface area (Å²) in [6, 6.07) is 1.93. The van der Waals surface area contributed by atoms with Crippen molar-refractivity contribution >= 4 is 17.6 Å². The van der Waals surface area contributed by atoms with Crippen molar-refractivity contribution < 1.29 is 4.74 Å². The molecule has 1 fully saturated rings. The zero-order chi connectivity index (χ0) is 14.4. The summed E-state index contributed by atoms with van der Waals surface area (Å²) >= 11 is 1.55. The third-order valence-corrected chi connectivity index (χ3v) is 4.14. The SMILES string of the molecule is CCCNc1cc(OC2CCCC(C)C2)nc(SC)n1. The van der Waals surface area contributed by atoms with Gasteiger partial charge in [0.25, 0.3) is 0 Å². The predicted molar refractivity (Wildman–Crippen MR) is 84.6 cm³/mol. The molecule has 4 nitrogen and oxygen atoms in total. The van der Waals surface area contributed by atoms with Gasteiger partial charge in [-0.05, 0) is 37.9 Å². The van der Waals surface area contributed by atoms with Crippen LogP contribution in [0.2, 0.25) is 0 Å². The fourth-order valence-corrected chi connectivity index (χ4v) is 2.93. The van der Waals surface area contributed by atoms with E-state index in [9.17, 15) is 0 Å². The van der Waals surface area contributed by atoms with Crippen LogP contribution in [0.3, 0.4) is 0 Å². The lowest BCUT2D eigenvalue weighted by molar-refractivity contribution is 0.123. The maximum Gasteiger partial charge on any atom is 0.219 e. The van der Waals surface area contributed by atoms with Gasteiger partial charge in [0.15, 0.2) is 5.16 Å². The fraction of sp³-hybridized carbons (Fsp3) is 0.733. The maximum atomic E-state index is 6.08. The largest absolute Gasteiger partial charge is 0.474 e. The van der Waals surface area contributed by atoms with E-state index >= 15 is 0 Å². The fourth-order valence-electron chi connectivity index (χ4n) is 2.56. The van der Waals surface area contributed by atoms with Gasteiger partial charge in [-0.15, -0.1) is 0 Å². The molecule has 0 amide bonds. The number of anilines is 1. The van der Waals surface area contributed by atoms with Gasteiger partial charge in [0, 0.05) is 12.6 Å². The van der Waals surface area contributed by atoms with Crippen LogP contribution in [0.5, 0.6) is 5.88 Å². The van der Waals surface area contributed by atoms with E-state index in [0.29, 0.717) is 12.0 Å². The van der Waals surface area contributed by atoms with Crippen LogP contribution in [0.25, 0.3) is 0 Å². The molecule has 112 valence electrons. The molecule has 1 saturated carbocycles. The Bertz CT molecular complexity index is 428. The molecule has 1 aliphatic rings. The van der Waals surface area contributed by atoms with Crippen molar-refractivity contribution in [3.63, 3.8) is 0 Å². The molecule has 0 aromatic carbocycles. The molecule has 0 bridgehead atoms. The summed E-state index contributed by atoms with van der Waals surface area (Å²) < 4.78 is 6.08. The first kappa shape index (κ1) is 15.4. The summed E-state index contributed by atoms with van der Waals surface area (Å²) in [6.07, 6.45) is 8.23. The van der Waals surface area contributed by atoms with Gasteiger partial charge in [0.2, 0.25) is 5.88 Å².